The van der Waals surface area contributed by atoms with Gasteiger partial charge in [0.15, 0.2) is 0 Å². The molecule has 2 N–H and O–H groups in total. The molecule has 2 bridgehead atoms. The number of amides is 1. The van der Waals surface area contributed by atoms with E-state index in [1.165, 1.54) is 12.1 Å². The Balaban J connectivity index is 1.55. The van der Waals surface area contributed by atoms with Crippen molar-refractivity contribution < 1.29 is 14.7 Å². The number of rotatable bonds is 4. The molecule has 2 fully saturated rings. The molecule has 26 heavy (non-hydrogen) atoms. The molecule has 1 amide bonds. The van der Waals surface area contributed by atoms with Gasteiger partial charge in [0, 0.05) is 22.8 Å². The second kappa shape index (κ2) is 6.61. The molecule has 2 aromatic rings. The van der Waals surface area contributed by atoms with E-state index in [0.717, 1.165) is 31.5 Å². The molecule has 7 heteroatoms. The van der Waals surface area contributed by atoms with Gasteiger partial charge in [0.1, 0.15) is 11.5 Å². The van der Waals surface area contributed by atoms with E-state index in [-0.39, 0.29) is 17.2 Å². The Morgan fingerprint density at radius 2 is 1.69 bits per heavy atom. The maximum Gasteiger partial charge on any atom is 0.335 e. The summed E-state index contributed by atoms with van der Waals surface area (Å²) in [5, 5.41) is 12.1. The van der Waals surface area contributed by atoms with Crippen molar-refractivity contribution in [3.63, 3.8) is 0 Å². The molecule has 0 saturated carbocycles. The summed E-state index contributed by atoms with van der Waals surface area (Å²) >= 11 is 6.24. The van der Waals surface area contributed by atoms with Crippen molar-refractivity contribution >= 4 is 35.0 Å². The normalized spacial score (nSPS) is 21.0. The molecule has 2 aliphatic rings. The van der Waals surface area contributed by atoms with Crippen LogP contribution in [0.15, 0.2) is 36.4 Å². The van der Waals surface area contributed by atoms with Gasteiger partial charge in [0.2, 0.25) is 0 Å². The largest absolute Gasteiger partial charge is 0.478 e. The predicted octanol–water partition coefficient (Wildman–Crippen LogP) is 3.82. The predicted molar refractivity (Wildman–Crippen MR) is 99.1 cm³/mol. The Bertz CT molecular complexity index is 849. The van der Waals surface area contributed by atoms with E-state index in [4.69, 9.17) is 16.7 Å². The quantitative estimate of drug-likeness (QED) is 0.853. The fourth-order valence-corrected chi connectivity index (χ4v) is 4.11. The summed E-state index contributed by atoms with van der Waals surface area (Å²) in [4.78, 5) is 30.3. The third-order valence-corrected chi connectivity index (χ3v) is 5.33. The Hall–Kier alpha value is -2.60. The molecule has 134 valence electrons. The number of anilines is 2. The van der Waals surface area contributed by atoms with Crippen molar-refractivity contribution in [3.8, 4) is 0 Å². The van der Waals surface area contributed by atoms with Gasteiger partial charge >= 0.3 is 5.97 Å². The molecule has 0 spiro atoms. The maximum absolute atomic E-state index is 12.6. The minimum absolute atomic E-state index is 0.163. The number of aromatic carboxylic acids is 1. The van der Waals surface area contributed by atoms with E-state index in [9.17, 15) is 9.59 Å². The average Bonchev–Trinajstić information content (AvgIpc) is 3.22. The van der Waals surface area contributed by atoms with Gasteiger partial charge in [-0.15, -0.1) is 0 Å². The Morgan fingerprint density at radius 3 is 2.27 bits per heavy atom. The second-order valence-corrected chi connectivity index (χ2v) is 7.17. The number of carbonyl (C=O) groups is 2. The smallest absolute Gasteiger partial charge is 0.335 e. The van der Waals surface area contributed by atoms with E-state index in [0.29, 0.717) is 22.8 Å². The number of carboxylic acids is 1. The number of aromatic nitrogens is 1. The van der Waals surface area contributed by atoms with E-state index in [1.54, 1.807) is 18.2 Å². The average molecular weight is 372 g/mol. The fourth-order valence-electron chi connectivity index (χ4n) is 3.91. The van der Waals surface area contributed by atoms with Gasteiger partial charge in [0.05, 0.1) is 5.56 Å². The van der Waals surface area contributed by atoms with Gasteiger partial charge in [-0.2, -0.15) is 0 Å². The van der Waals surface area contributed by atoms with Gasteiger partial charge in [0.25, 0.3) is 5.91 Å². The monoisotopic (exact) mass is 371 g/mol. The summed E-state index contributed by atoms with van der Waals surface area (Å²) in [7, 11) is 0. The number of hydrogen-bond donors (Lipinski definition) is 2. The van der Waals surface area contributed by atoms with Crippen molar-refractivity contribution in [2.75, 3.05) is 10.2 Å². The van der Waals surface area contributed by atoms with Gasteiger partial charge in [-0.3, -0.25) is 4.79 Å². The van der Waals surface area contributed by atoms with Gasteiger partial charge in [-0.25, -0.2) is 9.78 Å². The van der Waals surface area contributed by atoms with Crippen LogP contribution in [0.5, 0.6) is 0 Å². The lowest BCUT2D eigenvalue weighted by molar-refractivity contribution is 0.0696. The summed E-state index contributed by atoms with van der Waals surface area (Å²) in [6.07, 6.45) is 4.65. The first-order chi connectivity index (χ1) is 12.5. The van der Waals surface area contributed by atoms with Crippen molar-refractivity contribution in [1.29, 1.82) is 0 Å². The molecule has 0 radical (unpaired) electrons. The highest BCUT2D eigenvalue weighted by Crippen LogP contribution is 2.40. The third kappa shape index (κ3) is 3.12. The molecule has 0 aliphatic carbocycles. The molecule has 1 aromatic carbocycles. The van der Waals surface area contributed by atoms with Crippen LogP contribution in [0.25, 0.3) is 0 Å². The fraction of sp³-hybridized carbons (Fsp3) is 0.316. The summed E-state index contributed by atoms with van der Waals surface area (Å²) in [6, 6.07) is 10.3. The summed E-state index contributed by atoms with van der Waals surface area (Å²) in [5.41, 5.74) is 0.918. The van der Waals surface area contributed by atoms with Crippen LogP contribution in [0.4, 0.5) is 11.5 Å². The van der Waals surface area contributed by atoms with Crippen LogP contribution < -0.4 is 10.2 Å². The lowest BCUT2D eigenvalue weighted by Gasteiger charge is -2.23. The highest BCUT2D eigenvalue weighted by Gasteiger charge is 2.40. The van der Waals surface area contributed by atoms with Crippen molar-refractivity contribution in [1.82, 2.24) is 4.98 Å². The van der Waals surface area contributed by atoms with E-state index in [1.807, 2.05) is 6.07 Å². The van der Waals surface area contributed by atoms with Crippen molar-refractivity contribution in [2.45, 2.75) is 37.8 Å². The number of carboxylic acid groups (broad SMARTS) is 1. The van der Waals surface area contributed by atoms with Gasteiger partial charge in [-0.1, -0.05) is 11.6 Å². The Labute approximate surface area is 155 Å². The number of halogens is 1. The van der Waals surface area contributed by atoms with E-state index < -0.39 is 5.97 Å². The molecule has 4 rings (SSSR count). The number of pyridine rings is 1. The topological polar surface area (TPSA) is 82.5 Å². The third-order valence-electron chi connectivity index (χ3n) is 5.12. The number of carbonyl (C=O) groups excluding carboxylic acids is 1. The number of hydrogen-bond acceptors (Lipinski definition) is 4. The molecule has 1 aromatic heterocycles. The zero-order valence-electron chi connectivity index (χ0n) is 14.0. The first-order valence-corrected chi connectivity index (χ1v) is 9.00. The minimum Gasteiger partial charge on any atom is -0.478 e. The molecular weight excluding hydrogens is 354 g/mol. The number of fused-ring (bicyclic) bond motifs is 2. The van der Waals surface area contributed by atoms with Crippen molar-refractivity contribution in [2.24, 2.45) is 0 Å². The molecule has 2 saturated heterocycles. The number of benzene rings is 1. The molecule has 6 nitrogen and oxygen atoms in total. The molecule has 0 unspecified atom stereocenters. The SMILES string of the molecule is O=C(O)c1ccc(NC(=O)c2cc(Cl)cc(N3C4CCC3CC4)n2)cc1. The van der Waals surface area contributed by atoms with Crippen LogP contribution >= 0.6 is 11.6 Å². The van der Waals surface area contributed by atoms with Crippen LogP contribution in [0.3, 0.4) is 0 Å². The lowest BCUT2D eigenvalue weighted by atomic mass is 10.0. The number of nitrogens with zero attached hydrogens (tertiary/aromatic N) is 2. The second-order valence-electron chi connectivity index (χ2n) is 6.74. The van der Waals surface area contributed by atoms with E-state index in [2.05, 4.69) is 15.2 Å². The maximum atomic E-state index is 12.6. The van der Waals surface area contributed by atoms with Crippen LogP contribution in [0, 0.1) is 0 Å². The van der Waals surface area contributed by atoms with E-state index >= 15 is 0 Å². The van der Waals surface area contributed by atoms with Gasteiger partial charge < -0.3 is 15.3 Å². The van der Waals surface area contributed by atoms with Crippen LogP contribution in [-0.4, -0.2) is 34.1 Å². The highest BCUT2D eigenvalue weighted by molar-refractivity contribution is 6.31. The Morgan fingerprint density at radius 1 is 1.08 bits per heavy atom. The summed E-state index contributed by atoms with van der Waals surface area (Å²) < 4.78 is 0. The molecule has 0 atom stereocenters. The first kappa shape index (κ1) is 16.8. The molecule has 3 heterocycles. The molecular formula is C19H18ClN3O3. The lowest BCUT2D eigenvalue weighted by Crippen LogP contribution is -2.29. The zero-order valence-corrected chi connectivity index (χ0v) is 14.7. The zero-order chi connectivity index (χ0) is 18.3. The van der Waals surface area contributed by atoms with Crippen LogP contribution in [0.1, 0.15) is 46.5 Å². The highest BCUT2D eigenvalue weighted by atomic mass is 35.5. The summed E-state index contributed by atoms with van der Waals surface area (Å²) in [6.45, 7) is 0. The van der Waals surface area contributed by atoms with Gasteiger partial charge in [-0.05, 0) is 62.1 Å². The summed E-state index contributed by atoms with van der Waals surface area (Å²) in [5.74, 6) is -0.624. The number of nitrogens with one attached hydrogen (secondary N) is 1. The standard InChI is InChI=1S/C19H18ClN3O3/c20-12-9-16(18(24)21-13-3-1-11(2-4-13)19(25)26)22-17(10-12)23-14-5-6-15(23)8-7-14/h1-4,9-10,14-15H,5-8H2,(H,21,24)(H,25,26). The first-order valence-electron chi connectivity index (χ1n) is 8.62. The minimum atomic E-state index is -1.01. The van der Waals surface area contributed by atoms with Crippen molar-refractivity contribution in [3.05, 3.63) is 52.7 Å². The Kier molecular flexibility index (Phi) is 4.28. The molecule has 2 aliphatic heterocycles. The van der Waals surface area contributed by atoms with Crippen LogP contribution in [0.2, 0.25) is 5.02 Å². The van der Waals surface area contributed by atoms with Crippen LogP contribution in [-0.2, 0) is 0 Å².